The van der Waals surface area contributed by atoms with E-state index in [2.05, 4.69) is 10.3 Å². The third-order valence-electron chi connectivity index (χ3n) is 4.51. The van der Waals surface area contributed by atoms with Crippen molar-refractivity contribution in [2.24, 2.45) is 5.73 Å². The van der Waals surface area contributed by atoms with Gasteiger partial charge in [0.1, 0.15) is 5.82 Å². The van der Waals surface area contributed by atoms with E-state index in [9.17, 15) is 17.6 Å². The minimum Gasteiger partial charge on any atom is -0.323 e. The average Bonchev–Trinajstić information content (AvgIpc) is 2.74. The number of anilines is 1. The highest BCUT2D eigenvalue weighted by Gasteiger charge is 2.23. The Morgan fingerprint density at radius 1 is 1.03 bits per heavy atom. The highest BCUT2D eigenvalue weighted by atomic mass is 35.5. The van der Waals surface area contributed by atoms with Crippen LogP contribution in [0.1, 0.15) is 22.0 Å². The van der Waals surface area contributed by atoms with Gasteiger partial charge in [0.25, 0.3) is 5.91 Å². The van der Waals surface area contributed by atoms with Crippen molar-refractivity contribution in [1.29, 1.82) is 0 Å². The lowest BCUT2D eigenvalue weighted by Gasteiger charge is -2.21. The predicted octanol–water partition coefficient (Wildman–Crippen LogP) is 3.64. The van der Waals surface area contributed by atoms with Crippen molar-refractivity contribution in [2.75, 3.05) is 18.9 Å². The number of carbonyl (C=O) groups excluding carboxylic acids is 1. The van der Waals surface area contributed by atoms with Crippen LogP contribution in [0.15, 0.2) is 78.0 Å². The molecular weight excluding hydrogens is 478 g/mol. The monoisotopic (exact) mass is 500 g/mol. The Balaban J connectivity index is 0.00000256. The van der Waals surface area contributed by atoms with Crippen molar-refractivity contribution < 1.29 is 17.6 Å². The first-order valence-corrected chi connectivity index (χ1v) is 10.5. The number of halogens is 3. The molecule has 0 fully saturated rings. The van der Waals surface area contributed by atoms with E-state index in [4.69, 9.17) is 5.73 Å². The van der Waals surface area contributed by atoms with Crippen LogP contribution in [0.3, 0.4) is 0 Å². The maximum absolute atomic E-state index is 13.1. The van der Waals surface area contributed by atoms with Crippen LogP contribution in [0.4, 0.5) is 10.1 Å². The lowest BCUT2D eigenvalue weighted by molar-refractivity contribution is 0.102. The summed E-state index contributed by atoms with van der Waals surface area (Å²) in [5.74, 6) is -0.793. The molecule has 1 unspecified atom stereocenters. The quantitative estimate of drug-likeness (QED) is 0.515. The smallest absolute Gasteiger partial charge is 0.255 e. The van der Waals surface area contributed by atoms with Crippen molar-refractivity contribution in [3.63, 3.8) is 0 Å². The molecular formula is C21H23Cl2FN4O3S. The normalized spacial score (nSPS) is 11.8. The zero-order chi connectivity index (χ0) is 21.7. The lowest BCUT2D eigenvalue weighted by Crippen LogP contribution is -2.34. The highest BCUT2D eigenvalue weighted by molar-refractivity contribution is 7.89. The van der Waals surface area contributed by atoms with E-state index in [0.717, 1.165) is 16.4 Å². The molecule has 32 heavy (non-hydrogen) atoms. The summed E-state index contributed by atoms with van der Waals surface area (Å²) in [7, 11) is -2.39. The second-order valence-corrected chi connectivity index (χ2v) is 8.70. The summed E-state index contributed by atoms with van der Waals surface area (Å²) in [6.45, 7) is 0.0161. The number of nitrogens with zero attached hydrogens (tertiary/aromatic N) is 2. The van der Waals surface area contributed by atoms with E-state index in [-0.39, 0.29) is 42.2 Å². The van der Waals surface area contributed by atoms with Crippen LogP contribution in [0.2, 0.25) is 0 Å². The molecule has 0 spiro atoms. The Morgan fingerprint density at radius 2 is 1.59 bits per heavy atom. The number of carbonyl (C=O) groups is 1. The Hall–Kier alpha value is -2.56. The van der Waals surface area contributed by atoms with E-state index in [1.165, 1.54) is 19.2 Å². The van der Waals surface area contributed by atoms with Gasteiger partial charge in [-0.1, -0.05) is 12.1 Å². The van der Waals surface area contributed by atoms with Gasteiger partial charge in [-0.25, -0.2) is 12.8 Å². The summed E-state index contributed by atoms with van der Waals surface area (Å²) in [6, 6.07) is 14.0. The number of rotatable bonds is 7. The number of pyridine rings is 1. The first kappa shape index (κ1) is 27.5. The third kappa shape index (κ3) is 6.72. The van der Waals surface area contributed by atoms with Gasteiger partial charge in [-0.2, -0.15) is 4.31 Å². The van der Waals surface area contributed by atoms with E-state index < -0.39 is 21.9 Å². The van der Waals surface area contributed by atoms with Crippen LogP contribution in [0.5, 0.6) is 0 Å². The topological polar surface area (TPSA) is 105 Å². The molecule has 3 rings (SSSR count). The molecule has 0 saturated carbocycles. The first-order valence-electron chi connectivity index (χ1n) is 9.06. The number of hydrogen-bond donors (Lipinski definition) is 2. The molecule has 1 aromatic heterocycles. The maximum Gasteiger partial charge on any atom is 0.255 e. The molecule has 0 radical (unpaired) electrons. The summed E-state index contributed by atoms with van der Waals surface area (Å²) >= 11 is 0. The molecule has 1 heterocycles. The molecule has 0 aliphatic carbocycles. The second-order valence-electron chi connectivity index (χ2n) is 6.66. The highest BCUT2D eigenvalue weighted by Crippen LogP contribution is 2.19. The molecule has 0 aliphatic rings. The van der Waals surface area contributed by atoms with Crippen molar-refractivity contribution in [3.05, 3.63) is 90.0 Å². The number of likely N-dealkylation sites (N-methyl/N-ethyl adjacent to an activating group) is 1. The molecule has 7 nitrogen and oxygen atoms in total. The predicted molar refractivity (Wildman–Crippen MR) is 126 cm³/mol. The van der Waals surface area contributed by atoms with Gasteiger partial charge in [-0.05, 0) is 54.1 Å². The number of sulfonamides is 1. The van der Waals surface area contributed by atoms with E-state index in [0.29, 0.717) is 16.8 Å². The van der Waals surface area contributed by atoms with Crippen LogP contribution in [-0.4, -0.2) is 37.2 Å². The Bertz CT molecular complexity index is 1120. The fourth-order valence-electron chi connectivity index (χ4n) is 2.79. The van der Waals surface area contributed by atoms with Gasteiger partial charge in [0.15, 0.2) is 0 Å². The van der Waals surface area contributed by atoms with Gasteiger partial charge < -0.3 is 11.1 Å². The molecule has 1 atom stereocenters. The van der Waals surface area contributed by atoms with Crippen LogP contribution in [0, 0.1) is 5.82 Å². The molecule has 172 valence electrons. The van der Waals surface area contributed by atoms with Gasteiger partial charge in [0, 0.05) is 43.3 Å². The molecule has 3 aromatic rings. The summed E-state index contributed by atoms with van der Waals surface area (Å²) in [5.41, 5.74) is 7.92. The molecule has 11 heteroatoms. The molecule has 3 N–H and O–H groups in total. The van der Waals surface area contributed by atoms with Gasteiger partial charge in [0.2, 0.25) is 10.0 Å². The fraction of sp³-hybridized carbons (Fsp3) is 0.143. The number of benzene rings is 2. The molecule has 0 saturated heterocycles. The fourth-order valence-corrected chi connectivity index (χ4v) is 3.98. The number of aromatic nitrogens is 1. The largest absolute Gasteiger partial charge is 0.323 e. The van der Waals surface area contributed by atoms with E-state index in [1.54, 1.807) is 48.8 Å². The zero-order valence-corrected chi connectivity index (χ0v) is 19.5. The van der Waals surface area contributed by atoms with Gasteiger partial charge in [-0.3, -0.25) is 9.78 Å². The van der Waals surface area contributed by atoms with Crippen molar-refractivity contribution in [3.8, 4) is 0 Å². The Kier molecular flexibility index (Phi) is 10.2. The SMILES string of the molecule is CN(CC(N)c1ccc(C(=O)Nc2ccncc2)cc1)S(=O)(=O)c1ccc(F)cc1.Cl.Cl. The van der Waals surface area contributed by atoms with Crippen LogP contribution in [-0.2, 0) is 10.0 Å². The van der Waals surface area contributed by atoms with Crippen molar-refractivity contribution in [1.82, 2.24) is 9.29 Å². The minimum absolute atomic E-state index is 0. The number of nitrogens with one attached hydrogen (secondary N) is 1. The van der Waals surface area contributed by atoms with E-state index >= 15 is 0 Å². The number of nitrogens with two attached hydrogens (primary N) is 1. The standard InChI is InChI=1S/C21H21FN4O3S.2ClH/c1-26(30(28,29)19-8-6-17(22)7-9-19)14-20(23)15-2-4-16(5-3-15)21(27)25-18-10-12-24-13-11-18;;/h2-13,20H,14,23H2,1H3,(H,24,25,27);2*1H. The number of hydrogen-bond acceptors (Lipinski definition) is 5. The second kappa shape index (κ2) is 11.9. The van der Waals surface area contributed by atoms with Crippen molar-refractivity contribution >= 4 is 46.4 Å². The first-order chi connectivity index (χ1) is 14.3. The van der Waals surface area contributed by atoms with Crippen LogP contribution < -0.4 is 11.1 Å². The molecule has 1 amide bonds. The third-order valence-corrected chi connectivity index (χ3v) is 6.35. The molecule has 0 aliphatic heterocycles. The number of amides is 1. The maximum atomic E-state index is 13.1. The van der Waals surface area contributed by atoms with Crippen LogP contribution >= 0.6 is 24.8 Å². The van der Waals surface area contributed by atoms with Gasteiger partial charge >= 0.3 is 0 Å². The minimum atomic E-state index is -3.80. The zero-order valence-electron chi connectivity index (χ0n) is 17.0. The van der Waals surface area contributed by atoms with Gasteiger partial charge in [-0.15, -0.1) is 24.8 Å². The summed E-state index contributed by atoms with van der Waals surface area (Å²) < 4.78 is 39.4. The van der Waals surface area contributed by atoms with E-state index in [1.807, 2.05) is 0 Å². The molecule has 0 bridgehead atoms. The van der Waals surface area contributed by atoms with Gasteiger partial charge in [0.05, 0.1) is 4.90 Å². The lowest BCUT2D eigenvalue weighted by atomic mass is 10.1. The summed E-state index contributed by atoms with van der Waals surface area (Å²) in [6.07, 6.45) is 3.16. The summed E-state index contributed by atoms with van der Waals surface area (Å²) in [4.78, 5) is 16.2. The Labute approximate surface area is 198 Å². The average molecular weight is 501 g/mol. The van der Waals surface area contributed by atoms with Crippen molar-refractivity contribution in [2.45, 2.75) is 10.9 Å². The Morgan fingerprint density at radius 3 is 2.16 bits per heavy atom. The van der Waals surface area contributed by atoms with Crippen LogP contribution in [0.25, 0.3) is 0 Å². The molecule has 2 aromatic carbocycles. The summed E-state index contributed by atoms with van der Waals surface area (Å²) in [5, 5.41) is 2.76.